The molecule has 21 heavy (non-hydrogen) atoms. The summed E-state index contributed by atoms with van der Waals surface area (Å²) in [5, 5.41) is 3.68. The molecule has 0 aliphatic heterocycles. The molecular formula is C17H22FN3. The molecule has 0 amide bonds. The molecule has 1 aliphatic carbocycles. The van der Waals surface area contributed by atoms with Crippen LogP contribution >= 0.6 is 0 Å². The first kappa shape index (κ1) is 14.3. The van der Waals surface area contributed by atoms with E-state index in [0.29, 0.717) is 12.0 Å². The third-order valence-corrected chi connectivity index (χ3v) is 4.37. The maximum atomic E-state index is 13.0. The second-order valence-corrected chi connectivity index (χ2v) is 5.80. The number of hydrogen-bond donors (Lipinski definition) is 1. The van der Waals surface area contributed by atoms with Crippen LogP contribution in [0.1, 0.15) is 37.2 Å². The third-order valence-electron chi connectivity index (χ3n) is 4.37. The Labute approximate surface area is 125 Å². The van der Waals surface area contributed by atoms with Crippen molar-refractivity contribution in [3.8, 4) is 0 Å². The molecule has 2 aromatic rings. The Kier molecular flexibility index (Phi) is 4.65. The quantitative estimate of drug-likeness (QED) is 0.826. The van der Waals surface area contributed by atoms with E-state index in [1.54, 1.807) is 12.1 Å². The topological polar surface area (TPSA) is 29.9 Å². The maximum Gasteiger partial charge on any atom is 0.123 e. The fraction of sp³-hybridized carbons (Fsp3) is 0.471. The van der Waals surface area contributed by atoms with Gasteiger partial charge in [0.25, 0.3) is 0 Å². The van der Waals surface area contributed by atoms with E-state index in [1.165, 1.54) is 24.8 Å². The van der Waals surface area contributed by atoms with Gasteiger partial charge >= 0.3 is 0 Å². The molecule has 112 valence electrons. The fourth-order valence-corrected chi connectivity index (χ4v) is 3.28. The number of nitrogens with zero attached hydrogens (tertiary/aromatic N) is 2. The SMILES string of the molecule is Fc1ccc(C2CCCC2NCCCn2ccnc2)cc1. The van der Waals surface area contributed by atoms with Gasteiger partial charge in [-0.05, 0) is 49.4 Å². The second-order valence-electron chi connectivity index (χ2n) is 5.80. The van der Waals surface area contributed by atoms with Crippen molar-refractivity contribution >= 4 is 0 Å². The summed E-state index contributed by atoms with van der Waals surface area (Å²) in [6.45, 7) is 2.02. The van der Waals surface area contributed by atoms with Gasteiger partial charge in [0.2, 0.25) is 0 Å². The number of benzene rings is 1. The van der Waals surface area contributed by atoms with Crippen molar-refractivity contribution in [3.63, 3.8) is 0 Å². The zero-order chi connectivity index (χ0) is 14.5. The van der Waals surface area contributed by atoms with Gasteiger partial charge in [-0.15, -0.1) is 0 Å². The molecule has 0 saturated heterocycles. The Morgan fingerprint density at radius 2 is 2.10 bits per heavy atom. The first-order valence-corrected chi connectivity index (χ1v) is 7.77. The standard InChI is InChI=1S/C17H22FN3/c18-15-7-5-14(6-8-15)16-3-1-4-17(16)20-9-2-11-21-12-10-19-13-21/h5-8,10,12-13,16-17,20H,1-4,9,11H2. The molecule has 0 spiro atoms. The zero-order valence-corrected chi connectivity index (χ0v) is 12.2. The number of hydrogen-bond acceptors (Lipinski definition) is 2. The van der Waals surface area contributed by atoms with Crippen LogP contribution in [0.25, 0.3) is 0 Å². The van der Waals surface area contributed by atoms with E-state index < -0.39 is 0 Å². The normalized spacial score (nSPS) is 21.8. The molecule has 1 aliphatic rings. The molecule has 0 radical (unpaired) electrons. The van der Waals surface area contributed by atoms with Gasteiger partial charge in [-0.1, -0.05) is 18.6 Å². The van der Waals surface area contributed by atoms with E-state index >= 15 is 0 Å². The van der Waals surface area contributed by atoms with Gasteiger partial charge in [-0.3, -0.25) is 0 Å². The van der Waals surface area contributed by atoms with E-state index in [2.05, 4.69) is 14.9 Å². The van der Waals surface area contributed by atoms with Crippen LogP contribution in [-0.4, -0.2) is 22.1 Å². The van der Waals surface area contributed by atoms with Crippen molar-refractivity contribution in [2.45, 2.75) is 44.2 Å². The Morgan fingerprint density at radius 3 is 2.86 bits per heavy atom. The lowest BCUT2D eigenvalue weighted by Crippen LogP contribution is -2.32. The molecule has 2 unspecified atom stereocenters. The highest BCUT2D eigenvalue weighted by Gasteiger charge is 2.27. The molecule has 1 N–H and O–H groups in total. The summed E-state index contributed by atoms with van der Waals surface area (Å²) in [6.07, 6.45) is 10.4. The largest absolute Gasteiger partial charge is 0.337 e. The van der Waals surface area contributed by atoms with Crippen LogP contribution < -0.4 is 5.32 Å². The van der Waals surface area contributed by atoms with Gasteiger partial charge < -0.3 is 9.88 Å². The third kappa shape index (κ3) is 3.70. The van der Waals surface area contributed by atoms with Crippen molar-refractivity contribution in [1.29, 1.82) is 0 Å². The predicted molar refractivity (Wildman–Crippen MR) is 81.6 cm³/mol. The van der Waals surface area contributed by atoms with E-state index in [4.69, 9.17) is 0 Å². The van der Waals surface area contributed by atoms with Crippen molar-refractivity contribution < 1.29 is 4.39 Å². The van der Waals surface area contributed by atoms with Gasteiger partial charge in [0.15, 0.2) is 0 Å². The number of aromatic nitrogens is 2. The summed E-state index contributed by atoms with van der Waals surface area (Å²) in [4.78, 5) is 4.05. The summed E-state index contributed by atoms with van der Waals surface area (Å²) in [6, 6.07) is 7.54. The molecule has 1 aromatic carbocycles. The lowest BCUT2D eigenvalue weighted by atomic mass is 9.94. The second kappa shape index (κ2) is 6.85. The minimum absolute atomic E-state index is 0.151. The Bertz CT molecular complexity index is 536. The van der Waals surface area contributed by atoms with Crippen molar-refractivity contribution in [2.75, 3.05) is 6.54 Å². The first-order valence-electron chi connectivity index (χ1n) is 7.77. The lowest BCUT2D eigenvalue weighted by Gasteiger charge is -2.21. The molecule has 1 fully saturated rings. The smallest absolute Gasteiger partial charge is 0.123 e. The molecule has 2 atom stereocenters. The van der Waals surface area contributed by atoms with Gasteiger partial charge in [0, 0.05) is 25.0 Å². The number of aryl methyl sites for hydroxylation is 1. The van der Waals surface area contributed by atoms with E-state index in [9.17, 15) is 4.39 Å². The summed E-state index contributed by atoms with van der Waals surface area (Å²) in [5.41, 5.74) is 1.26. The molecule has 1 aromatic heterocycles. The fourth-order valence-electron chi connectivity index (χ4n) is 3.28. The van der Waals surface area contributed by atoms with Crippen LogP contribution in [-0.2, 0) is 6.54 Å². The minimum Gasteiger partial charge on any atom is -0.337 e. The Hall–Kier alpha value is -1.68. The molecular weight excluding hydrogens is 265 g/mol. The average molecular weight is 287 g/mol. The molecule has 3 rings (SSSR count). The highest BCUT2D eigenvalue weighted by atomic mass is 19.1. The van der Waals surface area contributed by atoms with Gasteiger partial charge in [0.05, 0.1) is 6.33 Å². The van der Waals surface area contributed by atoms with E-state index in [1.807, 2.05) is 30.9 Å². The van der Waals surface area contributed by atoms with Crippen molar-refractivity contribution in [1.82, 2.24) is 14.9 Å². The Balaban J connectivity index is 1.49. The average Bonchev–Trinajstić information content (AvgIpc) is 3.16. The lowest BCUT2D eigenvalue weighted by molar-refractivity contribution is 0.460. The van der Waals surface area contributed by atoms with Gasteiger partial charge in [-0.25, -0.2) is 9.37 Å². The minimum atomic E-state index is -0.151. The maximum absolute atomic E-state index is 13.0. The monoisotopic (exact) mass is 287 g/mol. The first-order chi connectivity index (χ1) is 10.3. The van der Waals surface area contributed by atoms with Crippen molar-refractivity contribution in [3.05, 3.63) is 54.4 Å². The van der Waals surface area contributed by atoms with Gasteiger partial charge in [0.1, 0.15) is 5.82 Å². The molecule has 4 heteroatoms. The summed E-state index contributed by atoms with van der Waals surface area (Å²) in [7, 11) is 0. The summed E-state index contributed by atoms with van der Waals surface area (Å²) < 4.78 is 15.1. The molecule has 3 nitrogen and oxygen atoms in total. The number of rotatable bonds is 6. The highest BCUT2D eigenvalue weighted by molar-refractivity contribution is 5.23. The van der Waals surface area contributed by atoms with Crippen LogP contribution in [0, 0.1) is 5.82 Å². The van der Waals surface area contributed by atoms with Crippen molar-refractivity contribution in [2.24, 2.45) is 0 Å². The predicted octanol–water partition coefficient (Wildman–Crippen LogP) is 3.34. The Morgan fingerprint density at radius 1 is 1.24 bits per heavy atom. The van der Waals surface area contributed by atoms with E-state index in [-0.39, 0.29) is 5.82 Å². The number of nitrogens with one attached hydrogen (secondary N) is 1. The highest BCUT2D eigenvalue weighted by Crippen LogP contribution is 2.34. The molecule has 1 heterocycles. The zero-order valence-electron chi connectivity index (χ0n) is 12.2. The molecule has 1 saturated carbocycles. The number of imidazole rings is 1. The number of halogens is 1. The van der Waals surface area contributed by atoms with Crippen LogP contribution in [0.4, 0.5) is 4.39 Å². The van der Waals surface area contributed by atoms with Crippen LogP contribution in [0.5, 0.6) is 0 Å². The van der Waals surface area contributed by atoms with Crippen LogP contribution in [0.2, 0.25) is 0 Å². The van der Waals surface area contributed by atoms with Crippen LogP contribution in [0.15, 0.2) is 43.0 Å². The summed E-state index contributed by atoms with van der Waals surface area (Å²) in [5.74, 6) is 0.375. The summed E-state index contributed by atoms with van der Waals surface area (Å²) >= 11 is 0. The van der Waals surface area contributed by atoms with Gasteiger partial charge in [-0.2, -0.15) is 0 Å². The molecule has 0 bridgehead atoms. The van der Waals surface area contributed by atoms with E-state index in [0.717, 1.165) is 19.5 Å². The van der Waals surface area contributed by atoms with Crippen LogP contribution in [0.3, 0.4) is 0 Å².